The molecular formula is C27H41NO5S. The van der Waals surface area contributed by atoms with Gasteiger partial charge < -0.3 is 14.6 Å². The van der Waals surface area contributed by atoms with Crippen molar-refractivity contribution in [3.63, 3.8) is 0 Å². The third kappa shape index (κ3) is 6.55. The average Bonchev–Trinajstić information content (AvgIpc) is 3.21. The number of cyclic esters (lactones) is 1. The Morgan fingerprint density at radius 1 is 1.24 bits per heavy atom. The van der Waals surface area contributed by atoms with Gasteiger partial charge in [0.25, 0.3) is 0 Å². The number of fused-ring (bicyclic) bond motifs is 1. The Balaban J connectivity index is 1.81. The van der Waals surface area contributed by atoms with Crippen molar-refractivity contribution in [2.24, 2.45) is 17.3 Å². The van der Waals surface area contributed by atoms with E-state index >= 15 is 0 Å². The van der Waals surface area contributed by atoms with E-state index in [2.05, 4.69) is 11.9 Å². The predicted octanol–water partition coefficient (Wildman–Crippen LogP) is 5.51. The van der Waals surface area contributed by atoms with Crippen LogP contribution >= 0.6 is 11.3 Å². The minimum atomic E-state index is -0.715. The molecule has 0 saturated carbocycles. The quantitative estimate of drug-likeness (QED) is 0.434. The summed E-state index contributed by atoms with van der Waals surface area (Å²) >= 11 is 1.59. The third-order valence-electron chi connectivity index (χ3n) is 7.72. The van der Waals surface area contributed by atoms with Crippen molar-refractivity contribution in [3.8, 4) is 0 Å². The summed E-state index contributed by atoms with van der Waals surface area (Å²) in [4.78, 5) is 30.6. The Labute approximate surface area is 208 Å². The van der Waals surface area contributed by atoms with E-state index in [1.54, 1.807) is 18.3 Å². The van der Waals surface area contributed by atoms with E-state index < -0.39 is 23.5 Å². The topological polar surface area (TPSA) is 89.0 Å². The van der Waals surface area contributed by atoms with Crippen LogP contribution in [0.2, 0.25) is 0 Å². The van der Waals surface area contributed by atoms with Gasteiger partial charge in [0.05, 0.1) is 28.5 Å². The number of thiazole rings is 1. The van der Waals surface area contributed by atoms with Gasteiger partial charge in [0.15, 0.2) is 0 Å². The molecule has 1 aromatic heterocycles. The van der Waals surface area contributed by atoms with E-state index in [0.717, 1.165) is 35.5 Å². The van der Waals surface area contributed by atoms with Gasteiger partial charge in [0, 0.05) is 29.6 Å². The lowest BCUT2D eigenvalue weighted by Crippen LogP contribution is -2.39. The molecule has 0 aromatic carbocycles. The highest BCUT2D eigenvalue weighted by Gasteiger charge is 2.52. The molecule has 1 N–H and O–H groups in total. The molecule has 190 valence electrons. The molecule has 1 aromatic rings. The van der Waals surface area contributed by atoms with Crippen LogP contribution in [-0.4, -0.2) is 45.8 Å². The van der Waals surface area contributed by atoms with E-state index in [-0.39, 0.29) is 35.8 Å². The molecule has 2 aliphatic rings. The molecule has 34 heavy (non-hydrogen) atoms. The summed E-state index contributed by atoms with van der Waals surface area (Å²) in [5, 5.41) is 13.8. The largest absolute Gasteiger partial charge is 0.458 e. The van der Waals surface area contributed by atoms with Gasteiger partial charge in [-0.25, -0.2) is 4.98 Å². The normalized spacial score (nSPS) is 36.0. The fraction of sp³-hybridized carbons (Fsp3) is 0.741. The Hall–Kier alpha value is -1.57. The van der Waals surface area contributed by atoms with E-state index in [1.165, 1.54) is 0 Å². The molecular weight excluding hydrogens is 450 g/mol. The lowest BCUT2D eigenvalue weighted by atomic mass is 9.74. The van der Waals surface area contributed by atoms with Crippen LogP contribution in [0, 0.1) is 24.2 Å². The fourth-order valence-electron chi connectivity index (χ4n) is 5.07. The van der Waals surface area contributed by atoms with Crippen LogP contribution in [0.1, 0.15) is 90.8 Å². The number of nitrogens with zero attached hydrogens (tertiary/aromatic N) is 1. The molecule has 2 fully saturated rings. The Kier molecular flexibility index (Phi) is 8.42. The van der Waals surface area contributed by atoms with Crippen molar-refractivity contribution in [1.82, 2.24) is 4.98 Å². The summed E-state index contributed by atoms with van der Waals surface area (Å²) in [6, 6.07) is 0. The second-order valence-corrected chi connectivity index (χ2v) is 12.3. The highest BCUT2D eigenvalue weighted by Crippen LogP contribution is 2.45. The van der Waals surface area contributed by atoms with Gasteiger partial charge in [-0.1, -0.05) is 34.1 Å². The van der Waals surface area contributed by atoms with Crippen molar-refractivity contribution < 1.29 is 24.2 Å². The number of Topliss-reactive ketones (excluding diaryl/α,β-unsaturated/α-hetero) is 1. The summed E-state index contributed by atoms with van der Waals surface area (Å²) < 4.78 is 12.0. The zero-order valence-electron chi connectivity index (χ0n) is 21.7. The number of aliphatic hydroxyl groups excluding tert-OH is 1. The second kappa shape index (κ2) is 10.6. The number of aromatic nitrogens is 1. The zero-order chi connectivity index (χ0) is 25.3. The first-order valence-electron chi connectivity index (χ1n) is 12.5. The van der Waals surface area contributed by atoms with Crippen LogP contribution in [0.3, 0.4) is 0 Å². The van der Waals surface area contributed by atoms with Gasteiger partial charge in [-0.3, -0.25) is 9.59 Å². The van der Waals surface area contributed by atoms with E-state index in [1.807, 2.05) is 46.1 Å². The second-order valence-electron chi connectivity index (χ2n) is 11.2. The molecule has 0 spiro atoms. The fourth-order valence-corrected chi connectivity index (χ4v) is 5.64. The van der Waals surface area contributed by atoms with Crippen molar-refractivity contribution in [3.05, 3.63) is 21.7 Å². The molecule has 3 heterocycles. The standard InChI is InChI=1S/C27H41NO5S/c1-16-9-8-11-27(7)22(33-27)14-21(17(2)13-20-15-34-19(4)28-20)32-23(29)10-12-26(5,6)25(31)18(3)24(16)30/h13,15-16,18,21-22,24,30H,8-12,14H2,1-7H3/t16-,18+,21-,22-,24-,27+/m0/s1. The van der Waals surface area contributed by atoms with Gasteiger partial charge in [-0.05, 0) is 57.6 Å². The summed E-state index contributed by atoms with van der Waals surface area (Å²) in [7, 11) is 0. The molecule has 6 nitrogen and oxygen atoms in total. The molecule has 0 bridgehead atoms. The number of aryl methyl sites for hydroxylation is 1. The van der Waals surface area contributed by atoms with Crippen LogP contribution < -0.4 is 0 Å². The first-order chi connectivity index (χ1) is 15.8. The first-order valence-corrected chi connectivity index (χ1v) is 13.4. The summed E-state index contributed by atoms with van der Waals surface area (Å²) in [6.07, 6.45) is 4.68. The number of ketones is 1. The highest BCUT2D eigenvalue weighted by atomic mass is 32.1. The van der Waals surface area contributed by atoms with Crippen LogP contribution in [0.25, 0.3) is 6.08 Å². The number of hydrogen-bond acceptors (Lipinski definition) is 7. The average molecular weight is 492 g/mol. The van der Waals surface area contributed by atoms with Crippen LogP contribution in [-0.2, 0) is 19.1 Å². The van der Waals surface area contributed by atoms with Gasteiger partial charge >= 0.3 is 5.97 Å². The van der Waals surface area contributed by atoms with Crippen LogP contribution in [0.4, 0.5) is 0 Å². The zero-order valence-corrected chi connectivity index (χ0v) is 22.5. The minimum absolute atomic E-state index is 0.00387. The Morgan fingerprint density at radius 3 is 2.59 bits per heavy atom. The summed E-state index contributed by atoms with van der Waals surface area (Å²) in [5.74, 6) is -0.776. The number of carbonyl (C=O) groups excluding carboxylic acids is 2. The Bertz CT molecular complexity index is 922. The number of carbonyl (C=O) groups is 2. The number of ether oxygens (including phenoxy) is 2. The maximum Gasteiger partial charge on any atom is 0.306 e. The van der Waals surface area contributed by atoms with E-state index in [9.17, 15) is 14.7 Å². The minimum Gasteiger partial charge on any atom is -0.458 e. The number of rotatable bonds is 2. The summed E-state index contributed by atoms with van der Waals surface area (Å²) in [6.45, 7) is 13.6. The lowest BCUT2D eigenvalue weighted by molar-refractivity contribution is -0.149. The van der Waals surface area contributed by atoms with Crippen LogP contribution in [0.15, 0.2) is 11.0 Å². The molecule has 2 saturated heterocycles. The maximum atomic E-state index is 13.2. The predicted molar refractivity (Wildman–Crippen MR) is 134 cm³/mol. The van der Waals surface area contributed by atoms with Gasteiger partial charge in [-0.15, -0.1) is 11.3 Å². The number of hydrogen-bond donors (Lipinski definition) is 1. The summed E-state index contributed by atoms with van der Waals surface area (Å²) in [5.41, 5.74) is 0.856. The van der Waals surface area contributed by atoms with E-state index in [4.69, 9.17) is 9.47 Å². The molecule has 6 atom stereocenters. The number of aliphatic hydroxyl groups is 1. The third-order valence-corrected chi connectivity index (χ3v) is 8.51. The molecule has 0 amide bonds. The van der Waals surface area contributed by atoms with Crippen molar-refractivity contribution in [2.45, 2.75) is 111 Å². The lowest BCUT2D eigenvalue weighted by Gasteiger charge is -2.31. The van der Waals surface area contributed by atoms with Crippen molar-refractivity contribution in [2.75, 3.05) is 0 Å². The van der Waals surface area contributed by atoms with Gasteiger partial charge in [0.1, 0.15) is 11.9 Å². The molecule has 3 rings (SSSR count). The SMILES string of the molecule is CC(=Cc1csc(C)n1)[C@@H]1C[C@@H]2O[C@]2(C)CCC[C@H](C)[C@H](O)[C@@H](C)C(=O)C(C)(C)CCC(=O)O1. The van der Waals surface area contributed by atoms with Gasteiger partial charge in [0.2, 0.25) is 0 Å². The molecule has 0 aliphatic carbocycles. The smallest absolute Gasteiger partial charge is 0.306 e. The number of epoxide rings is 1. The molecule has 2 aliphatic heterocycles. The first kappa shape index (κ1) is 27.0. The number of esters is 1. The van der Waals surface area contributed by atoms with Gasteiger partial charge in [-0.2, -0.15) is 0 Å². The maximum absolute atomic E-state index is 13.2. The van der Waals surface area contributed by atoms with Crippen molar-refractivity contribution in [1.29, 1.82) is 0 Å². The molecule has 7 heteroatoms. The van der Waals surface area contributed by atoms with E-state index in [0.29, 0.717) is 12.8 Å². The molecule has 0 unspecified atom stereocenters. The Morgan fingerprint density at radius 2 is 1.94 bits per heavy atom. The van der Waals surface area contributed by atoms with Crippen LogP contribution in [0.5, 0.6) is 0 Å². The highest BCUT2D eigenvalue weighted by molar-refractivity contribution is 7.09. The van der Waals surface area contributed by atoms with Crippen molar-refractivity contribution >= 4 is 29.2 Å². The molecule has 0 radical (unpaired) electrons. The monoisotopic (exact) mass is 491 g/mol.